The average molecular weight is 261 g/mol. The van der Waals surface area contributed by atoms with E-state index in [-0.39, 0.29) is 0 Å². The fourth-order valence-electron chi connectivity index (χ4n) is 2.10. The maximum Gasteiger partial charge on any atom is 0.203 e. The van der Waals surface area contributed by atoms with Gasteiger partial charge in [0.05, 0.1) is 12.2 Å². The van der Waals surface area contributed by atoms with Crippen LogP contribution in [0.1, 0.15) is 32.0 Å². The van der Waals surface area contributed by atoms with Gasteiger partial charge in [-0.1, -0.05) is 20.8 Å². The van der Waals surface area contributed by atoms with E-state index in [0.717, 1.165) is 31.2 Å². The summed E-state index contributed by atoms with van der Waals surface area (Å²) in [7, 11) is 1.97. The molecule has 2 aromatic heterocycles. The highest BCUT2D eigenvalue weighted by Gasteiger charge is 2.09. The number of aromatic nitrogens is 4. The first-order valence-electron chi connectivity index (χ1n) is 6.86. The lowest BCUT2D eigenvalue weighted by atomic mass is 10.2. The summed E-state index contributed by atoms with van der Waals surface area (Å²) in [6.45, 7) is 8.27. The second-order valence-corrected chi connectivity index (χ2v) is 5.28. The first-order chi connectivity index (χ1) is 9.10. The molecule has 2 aromatic rings. The molecule has 104 valence electrons. The molecule has 2 rings (SSSR count). The van der Waals surface area contributed by atoms with E-state index in [9.17, 15) is 0 Å². The minimum atomic E-state index is 0.606. The van der Waals surface area contributed by atoms with Crippen molar-refractivity contribution < 1.29 is 0 Å². The van der Waals surface area contributed by atoms with Gasteiger partial charge in [0, 0.05) is 37.7 Å². The lowest BCUT2D eigenvalue weighted by molar-refractivity contribution is 0.676. The third kappa shape index (κ3) is 3.36. The van der Waals surface area contributed by atoms with Gasteiger partial charge in [-0.2, -0.15) is 5.10 Å². The normalized spacial score (nSPS) is 11.2. The molecule has 2 heterocycles. The second-order valence-electron chi connectivity index (χ2n) is 5.28. The van der Waals surface area contributed by atoms with Crippen LogP contribution in [-0.4, -0.2) is 25.9 Å². The molecule has 0 spiro atoms. The Morgan fingerprint density at radius 1 is 1.37 bits per heavy atom. The molecule has 0 bridgehead atoms. The molecule has 0 radical (unpaired) electrons. The van der Waals surface area contributed by atoms with Gasteiger partial charge in [0.2, 0.25) is 5.95 Å². The highest BCUT2D eigenvalue weighted by atomic mass is 15.3. The van der Waals surface area contributed by atoms with Crippen LogP contribution in [-0.2, 0) is 20.0 Å². The zero-order chi connectivity index (χ0) is 13.8. The van der Waals surface area contributed by atoms with Crippen LogP contribution in [0, 0.1) is 5.92 Å². The van der Waals surface area contributed by atoms with Crippen LogP contribution in [0.4, 0.5) is 5.95 Å². The number of nitrogens with one attached hydrogen (secondary N) is 1. The molecule has 0 saturated carbocycles. The standard InChI is InChI=1S/C14H23N5/c1-5-13-12(9-18(4)17-13)10-19-7-6-15-14(19)16-8-11(2)3/h6-7,9,11H,5,8,10H2,1-4H3,(H,15,16). The Balaban J connectivity index is 2.12. The average Bonchev–Trinajstić information content (AvgIpc) is 2.93. The maximum atomic E-state index is 4.48. The van der Waals surface area contributed by atoms with Gasteiger partial charge in [0.25, 0.3) is 0 Å². The summed E-state index contributed by atoms with van der Waals surface area (Å²) in [5.74, 6) is 1.54. The van der Waals surface area contributed by atoms with Gasteiger partial charge in [-0.25, -0.2) is 4.98 Å². The minimum Gasteiger partial charge on any atom is -0.355 e. The molecule has 0 atom stereocenters. The quantitative estimate of drug-likeness (QED) is 0.868. The zero-order valence-electron chi connectivity index (χ0n) is 12.2. The third-order valence-electron chi connectivity index (χ3n) is 3.05. The Labute approximate surface area is 114 Å². The molecule has 0 saturated heterocycles. The van der Waals surface area contributed by atoms with Gasteiger partial charge in [0.15, 0.2) is 0 Å². The SMILES string of the molecule is CCc1nn(C)cc1Cn1ccnc1NCC(C)C. The van der Waals surface area contributed by atoms with Crippen molar-refractivity contribution in [1.29, 1.82) is 0 Å². The predicted molar refractivity (Wildman–Crippen MR) is 77.2 cm³/mol. The summed E-state index contributed by atoms with van der Waals surface area (Å²) in [5.41, 5.74) is 2.42. The number of nitrogens with zero attached hydrogens (tertiary/aromatic N) is 4. The number of rotatable bonds is 6. The number of imidazole rings is 1. The summed E-state index contributed by atoms with van der Waals surface area (Å²) < 4.78 is 4.02. The Morgan fingerprint density at radius 3 is 2.84 bits per heavy atom. The van der Waals surface area contributed by atoms with Crippen molar-refractivity contribution in [2.24, 2.45) is 13.0 Å². The monoisotopic (exact) mass is 261 g/mol. The van der Waals surface area contributed by atoms with Crippen molar-refractivity contribution in [1.82, 2.24) is 19.3 Å². The van der Waals surface area contributed by atoms with Crippen LogP contribution in [0.3, 0.4) is 0 Å². The lowest BCUT2D eigenvalue weighted by Crippen LogP contribution is -2.13. The van der Waals surface area contributed by atoms with Crippen molar-refractivity contribution in [2.75, 3.05) is 11.9 Å². The van der Waals surface area contributed by atoms with Crippen LogP contribution in [0.25, 0.3) is 0 Å². The number of hydrogen-bond donors (Lipinski definition) is 1. The predicted octanol–water partition coefficient (Wildman–Crippen LogP) is 2.30. The Hall–Kier alpha value is -1.78. The van der Waals surface area contributed by atoms with Crippen molar-refractivity contribution in [3.63, 3.8) is 0 Å². The first kappa shape index (κ1) is 13.6. The molecular formula is C14H23N5. The van der Waals surface area contributed by atoms with Gasteiger partial charge < -0.3 is 9.88 Å². The van der Waals surface area contributed by atoms with Crippen molar-refractivity contribution in [3.05, 3.63) is 29.8 Å². The van der Waals surface area contributed by atoms with Crippen LogP contribution in [0.5, 0.6) is 0 Å². The second kappa shape index (κ2) is 5.91. The smallest absolute Gasteiger partial charge is 0.203 e. The number of hydrogen-bond acceptors (Lipinski definition) is 3. The number of anilines is 1. The van der Waals surface area contributed by atoms with Crippen molar-refractivity contribution >= 4 is 5.95 Å². The summed E-state index contributed by atoms with van der Waals surface area (Å²) in [4.78, 5) is 4.37. The van der Waals surface area contributed by atoms with E-state index in [1.165, 1.54) is 5.56 Å². The van der Waals surface area contributed by atoms with Crippen molar-refractivity contribution in [3.8, 4) is 0 Å². The molecule has 0 aliphatic carbocycles. The molecule has 1 N–H and O–H groups in total. The molecule has 5 nitrogen and oxygen atoms in total. The molecule has 0 amide bonds. The third-order valence-corrected chi connectivity index (χ3v) is 3.05. The van der Waals surface area contributed by atoms with E-state index in [2.05, 4.69) is 46.9 Å². The number of aryl methyl sites for hydroxylation is 2. The van der Waals surface area contributed by atoms with Gasteiger partial charge >= 0.3 is 0 Å². The van der Waals surface area contributed by atoms with E-state index in [1.54, 1.807) is 0 Å². The molecule has 0 aliphatic heterocycles. The highest BCUT2D eigenvalue weighted by Crippen LogP contribution is 2.13. The molecule has 5 heteroatoms. The summed E-state index contributed by atoms with van der Waals surface area (Å²) in [5, 5.41) is 7.86. The fourth-order valence-corrected chi connectivity index (χ4v) is 2.10. The van der Waals surface area contributed by atoms with Gasteiger partial charge in [-0.3, -0.25) is 4.68 Å². The fraction of sp³-hybridized carbons (Fsp3) is 0.571. The van der Waals surface area contributed by atoms with Crippen molar-refractivity contribution in [2.45, 2.75) is 33.7 Å². The molecule has 19 heavy (non-hydrogen) atoms. The van der Waals surface area contributed by atoms with E-state index < -0.39 is 0 Å². The summed E-state index contributed by atoms with van der Waals surface area (Å²) in [6.07, 6.45) is 6.89. The van der Waals surface area contributed by atoms with E-state index in [4.69, 9.17) is 0 Å². The van der Waals surface area contributed by atoms with Gasteiger partial charge in [0.1, 0.15) is 0 Å². The summed E-state index contributed by atoms with van der Waals surface area (Å²) >= 11 is 0. The molecule has 0 unspecified atom stereocenters. The molecule has 0 aliphatic rings. The Morgan fingerprint density at radius 2 is 2.16 bits per heavy atom. The van der Waals surface area contributed by atoms with Crippen LogP contribution in [0.2, 0.25) is 0 Å². The molecule has 0 aromatic carbocycles. The van der Waals surface area contributed by atoms with Crippen LogP contribution in [0.15, 0.2) is 18.6 Å². The first-order valence-corrected chi connectivity index (χ1v) is 6.86. The lowest BCUT2D eigenvalue weighted by Gasteiger charge is -2.11. The summed E-state index contributed by atoms with van der Waals surface area (Å²) in [6, 6.07) is 0. The minimum absolute atomic E-state index is 0.606. The zero-order valence-corrected chi connectivity index (χ0v) is 12.2. The van der Waals surface area contributed by atoms with E-state index in [1.807, 2.05) is 24.1 Å². The molecular weight excluding hydrogens is 238 g/mol. The maximum absolute atomic E-state index is 4.48. The van der Waals surface area contributed by atoms with Gasteiger partial charge in [-0.05, 0) is 12.3 Å². The molecule has 0 fully saturated rings. The van der Waals surface area contributed by atoms with Crippen LogP contribution < -0.4 is 5.32 Å². The Bertz CT molecular complexity index is 524. The topological polar surface area (TPSA) is 47.7 Å². The van der Waals surface area contributed by atoms with E-state index in [0.29, 0.717) is 5.92 Å². The highest BCUT2D eigenvalue weighted by molar-refractivity contribution is 5.28. The van der Waals surface area contributed by atoms with Gasteiger partial charge in [-0.15, -0.1) is 0 Å². The van der Waals surface area contributed by atoms with E-state index >= 15 is 0 Å². The van der Waals surface area contributed by atoms with Crippen LogP contribution >= 0.6 is 0 Å². The largest absolute Gasteiger partial charge is 0.355 e. The Kier molecular flexibility index (Phi) is 4.24.